The standard InChI is InChI=1S/C16H15BrClFO2/c1-2-20-15-5-3-4-11(9-17)16(15)21-10-12-8-13(18)6-7-14(12)19/h3-8H,2,9-10H2,1H3. The molecule has 0 saturated heterocycles. The fraction of sp³-hybridized carbons (Fsp3) is 0.250. The Kier molecular flexibility index (Phi) is 5.88. The monoisotopic (exact) mass is 372 g/mol. The third-order valence-corrected chi connectivity index (χ3v) is 3.72. The van der Waals surface area contributed by atoms with Gasteiger partial charge in [-0.05, 0) is 31.2 Å². The van der Waals surface area contributed by atoms with E-state index < -0.39 is 0 Å². The summed E-state index contributed by atoms with van der Waals surface area (Å²) >= 11 is 9.30. The molecule has 5 heteroatoms. The van der Waals surface area contributed by atoms with E-state index in [2.05, 4.69) is 15.9 Å². The smallest absolute Gasteiger partial charge is 0.165 e. The Morgan fingerprint density at radius 2 is 1.95 bits per heavy atom. The van der Waals surface area contributed by atoms with Crippen molar-refractivity contribution in [3.8, 4) is 11.5 Å². The third kappa shape index (κ3) is 4.11. The van der Waals surface area contributed by atoms with Crippen LogP contribution in [0.1, 0.15) is 18.1 Å². The van der Waals surface area contributed by atoms with Crippen molar-refractivity contribution >= 4 is 27.5 Å². The molecule has 0 aromatic heterocycles. The lowest BCUT2D eigenvalue weighted by Crippen LogP contribution is -2.03. The number of hydrogen-bond acceptors (Lipinski definition) is 2. The highest BCUT2D eigenvalue weighted by Gasteiger charge is 2.12. The van der Waals surface area contributed by atoms with Crippen molar-refractivity contribution in [1.82, 2.24) is 0 Å². The zero-order valence-corrected chi connectivity index (χ0v) is 13.9. The molecular formula is C16H15BrClFO2. The van der Waals surface area contributed by atoms with Crippen molar-refractivity contribution in [1.29, 1.82) is 0 Å². The molecule has 0 bridgehead atoms. The van der Waals surface area contributed by atoms with Crippen LogP contribution < -0.4 is 9.47 Å². The molecule has 2 aromatic rings. The highest BCUT2D eigenvalue weighted by molar-refractivity contribution is 9.08. The van der Waals surface area contributed by atoms with E-state index in [4.69, 9.17) is 21.1 Å². The summed E-state index contributed by atoms with van der Waals surface area (Å²) in [5.74, 6) is 0.932. The van der Waals surface area contributed by atoms with Gasteiger partial charge in [0.05, 0.1) is 6.61 Å². The van der Waals surface area contributed by atoms with Crippen molar-refractivity contribution in [2.24, 2.45) is 0 Å². The third-order valence-electron chi connectivity index (χ3n) is 2.88. The molecular weight excluding hydrogens is 359 g/mol. The molecule has 2 rings (SSSR count). The largest absolute Gasteiger partial charge is 0.490 e. The maximum Gasteiger partial charge on any atom is 0.165 e. The molecule has 21 heavy (non-hydrogen) atoms. The molecule has 0 amide bonds. The molecule has 0 spiro atoms. The molecule has 0 unspecified atom stereocenters. The zero-order chi connectivity index (χ0) is 15.2. The van der Waals surface area contributed by atoms with E-state index >= 15 is 0 Å². The summed E-state index contributed by atoms with van der Waals surface area (Å²) in [6.07, 6.45) is 0. The highest BCUT2D eigenvalue weighted by atomic mass is 79.9. The van der Waals surface area contributed by atoms with Gasteiger partial charge in [0.2, 0.25) is 0 Å². The van der Waals surface area contributed by atoms with Gasteiger partial charge in [0.25, 0.3) is 0 Å². The van der Waals surface area contributed by atoms with Gasteiger partial charge < -0.3 is 9.47 Å². The quantitative estimate of drug-likeness (QED) is 0.635. The lowest BCUT2D eigenvalue weighted by molar-refractivity contribution is 0.264. The SMILES string of the molecule is CCOc1cccc(CBr)c1OCc1cc(Cl)ccc1F. The van der Waals surface area contributed by atoms with Crippen molar-refractivity contribution < 1.29 is 13.9 Å². The number of alkyl halides is 1. The Balaban J connectivity index is 2.24. The van der Waals surface area contributed by atoms with Gasteiger partial charge in [-0.15, -0.1) is 0 Å². The van der Waals surface area contributed by atoms with Crippen LogP contribution in [0.2, 0.25) is 5.02 Å². The highest BCUT2D eigenvalue weighted by Crippen LogP contribution is 2.33. The minimum Gasteiger partial charge on any atom is -0.490 e. The maximum absolute atomic E-state index is 13.7. The summed E-state index contributed by atoms with van der Waals surface area (Å²) in [6, 6.07) is 10.1. The average Bonchev–Trinajstić information content (AvgIpc) is 2.49. The van der Waals surface area contributed by atoms with Gasteiger partial charge in [-0.2, -0.15) is 0 Å². The van der Waals surface area contributed by atoms with Crippen molar-refractivity contribution in [2.75, 3.05) is 6.61 Å². The minimum atomic E-state index is -0.339. The summed E-state index contributed by atoms with van der Waals surface area (Å²) in [7, 11) is 0. The fourth-order valence-electron chi connectivity index (χ4n) is 1.90. The van der Waals surface area contributed by atoms with Gasteiger partial charge in [-0.25, -0.2) is 4.39 Å². The minimum absolute atomic E-state index is 0.0937. The Bertz CT molecular complexity index is 619. The molecule has 0 aliphatic heterocycles. The van der Waals surface area contributed by atoms with Gasteiger partial charge in [-0.3, -0.25) is 0 Å². The normalized spacial score (nSPS) is 10.5. The van der Waals surface area contributed by atoms with Crippen molar-refractivity contribution in [3.63, 3.8) is 0 Å². The van der Waals surface area contributed by atoms with E-state index in [0.29, 0.717) is 34.0 Å². The molecule has 0 heterocycles. The molecule has 0 aliphatic rings. The van der Waals surface area contributed by atoms with Crippen LogP contribution in [0.5, 0.6) is 11.5 Å². The zero-order valence-electron chi connectivity index (χ0n) is 11.5. The van der Waals surface area contributed by atoms with E-state index in [1.54, 1.807) is 6.07 Å². The first-order valence-corrected chi connectivity index (χ1v) is 8.03. The van der Waals surface area contributed by atoms with E-state index in [9.17, 15) is 4.39 Å². The van der Waals surface area contributed by atoms with Crippen LogP contribution in [-0.2, 0) is 11.9 Å². The molecule has 2 aromatic carbocycles. The van der Waals surface area contributed by atoms with E-state index in [-0.39, 0.29) is 12.4 Å². The van der Waals surface area contributed by atoms with Crippen LogP contribution in [0.3, 0.4) is 0 Å². The van der Waals surface area contributed by atoms with Crippen LogP contribution in [0.25, 0.3) is 0 Å². The van der Waals surface area contributed by atoms with Crippen LogP contribution in [-0.4, -0.2) is 6.61 Å². The first-order valence-electron chi connectivity index (χ1n) is 6.53. The Labute approximate surface area is 137 Å². The van der Waals surface area contributed by atoms with Gasteiger partial charge in [0.15, 0.2) is 11.5 Å². The van der Waals surface area contributed by atoms with Gasteiger partial charge in [0, 0.05) is 21.5 Å². The first kappa shape index (κ1) is 16.1. The van der Waals surface area contributed by atoms with Gasteiger partial charge in [0.1, 0.15) is 12.4 Å². The second kappa shape index (κ2) is 7.66. The second-order valence-electron chi connectivity index (χ2n) is 4.34. The summed E-state index contributed by atoms with van der Waals surface area (Å²) in [4.78, 5) is 0. The number of para-hydroxylation sites is 1. The number of benzene rings is 2. The summed E-state index contributed by atoms with van der Waals surface area (Å²) < 4.78 is 25.1. The van der Waals surface area contributed by atoms with E-state index in [1.807, 2.05) is 25.1 Å². The lowest BCUT2D eigenvalue weighted by Gasteiger charge is -2.15. The number of ether oxygens (including phenoxy) is 2. The Hall–Kier alpha value is -1.26. The van der Waals surface area contributed by atoms with Crippen molar-refractivity contribution in [2.45, 2.75) is 18.9 Å². The predicted octanol–water partition coefficient (Wildman–Crippen LogP) is 5.35. The Morgan fingerprint density at radius 1 is 1.14 bits per heavy atom. The summed E-state index contributed by atoms with van der Waals surface area (Å²) in [5.41, 5.74) is 1.36. The molecule has 0 saturated carbocycles. The fourth-order valence-corrected chi connectivity index (χ4v) is 2.54. The number of rotatable bonds is 6. The maximum atomic E-state index is 13.7. The summed E-state index contributed by atoms with van der Waals surface area (Å²) in [5, 5.41) is 1.11. The van der Waals surface area contributed by atoms with Gasteiger partial charge in [-0.1, -0.05) is 39.7 Å². The molecule has 0 N–H and O–H groups in total. The number of hydrogen-bond donors (Lipinski definition) is 0. The van der Waals surface area contributed by atoms with Crippen LogP contribution >= 0.6 is 27.5 Å². The molecule has 2 nitrogen and oxygen atoms in total. The molecule has 0 atom stereocenters. The van der Waals surface area contributed by atoms with E-state index in [0.717, 1.165) is 5.56 Å². The van der Waals surface area contributed by atoms with E-state index in [1.165, 1.54) is 12.1 Å². The lowest BCUT2D eigenvalue weighted by atomic mass is 10.2. The van der Waals surface area contributed by atoms with Crippen LogP contribution in [0, 0.1) is 5.82 Å². The molecule has 0 radical (unpaired) electrons. The van der Waals surface area contributed by atoms with Crippen LogP contribution in [0.15, 0.2) is 36.4 Å². The van der Waals surface area contributed by atoms with Gasteiger partial charge >= 0.3 is 0 Å². The summed E-state index contributed by atoms with van der Waals surface area (Å²) in [6.45, 7) is 2.53. The predicted molar refractivity (Wildman–Crippen MR) is 86.0 cm³/mol. The van der Waals surface area contributed by atoms with Crippen molar-refractivity contribution in [3.05, 3.63) is 58.4 Å². The molecule has 0 aliphatic carbocycles. The Morgan fingerprint density at radius 3 is 2.67 bits per heavy atom. The number of halogens is 3. The van der Waals surface area contributed by atoms with Crippen LogP contribution in [0.4, 0.5) is 4.39 Å². The topological polar surface area (TPSA) is 18.5 Å². The second-order valence-corrected chi connectivity index (χ2v) is 5.33. The molecule has 0 fully saturated rings. The first-order chi connectivity index (χ1) is 10.2. The molecule has 112 valence electrons. The average molecular weight is 374 g/mol.